The van der Waals surface area contributed by atoms with Gasteiger partial charge in [-0.1, -0.05) is 102 Å². The molecule has 1 fully saturated rings. The lowest BCUT2D eigenvalue weighted by Gasteiger charge is -2.25. The Morgan fingerprint density at radius 3 is 2.06 bits per heavy atom. The zero-order valence-corrected chi connectivity index (χ0v) is 29.7. The first-order chi connectivity index (χ1) is 23.8. The molecule has 1 saturated heterocycles. The standard InChI is InChI=1S/C42H52N4O3/c1-5-7-8-9-12-27-49-37-23-19-32(20-24-37)35-29-43-39(44-30-35)33-15-13-31(14-16-33)28-38(41(48)46-25-10-11-26-46)45-40(47)34-17-21-36(22-18-34)42(3,4)6-2/h13-24,29-30,38H,5-12,25-28H2,1-4H3,(H,45,47). The highest BCUT2D eigenvalue weighted by Crippen LogP contribution is 2.27. The third kappa shape index (κ3) is 9.78. The first-order valence-corrected chi connectivity index (χ1v) is 18.1. The van der Waals surface area contributed by atoms with Gasteiger partial charge in [0, 0.05) is 48.6 Å². The Labute approximate surface area is 292 Å². The van der Waals surface area contributed by atoms with Gasteiger partial charge in [-0.05, 0) is 72.1 Å². The number of amides is 2. The van der Waals surface area contributed by atoms with Gasteiger partial charge in [-0.25, -0.2) is 9.97 Å². The summed E-state index contributed by atoms with van der Waals surface area (Å²) in [5.74, 6) is 1.25. The van der Waals surface area contributed by atoms with Crippen molar-refractivity contribution < 1.29 is 14.3 Å². The van der Waals surface area contributed by atoms with Crippen LogP contribution in [0.4, 0.5) is 0 Å². The number of unbranched alkanes of at least 4 members (excludes halogenated alkanes) is 4. The highest BCUT2D eigenvalue weighted by Gasteiger charge is 2.28. The van der Waals surface area contributed by atoms with Gasteiger partial charge in [-0.2, -0.15) is 0 Å². The van der Waals surface area contributed by atoms with Crippen LogP contribution in [-0.4, -0.2) is 52.4 Å². The van der Waals surface area contributed by atoms with E-state index in [1.807, 2.05) is 90.1 Å². The first kappa shape index (κ1) is 35.8. The number of benzene rings is 3. The molecule has 5 rings (SSSR count). The van der Waals surface area contributed by atoms with Crippen LogP contribution in [0.1, 0.15) is 101 Å². The van der Waals surface area contributed by atoms with Crippen LogP contribution in [0.25, 0.3) is 22.5 Å². The smallest absolute Gasteiger partial charge is 0.251 e. The van der Waals surface area contributed by atoms with Crippen LogP contribution in [-0.2, 0) is 16.6 Å². The van der Waals surface area contributed by atoms with Gasteiger partial charge in [0.15, 0.2) is 5.82 Å². The van der Waals surface area contributed by atoms with Crippen LogP contribution in [0.5, 0.6) is 5.75 Å². The van der Waals surface area contributed by atoms with Crippen molar-refractivity contribution in [2.24, 2.45) is 0 Å². The second kappa shape index (κ2) is 17.2. The number of likely N-dealkylation sites (tertiary alicyclic amines) is 1. The Kier molecular flexibility index (Phi) is 12.6. The van der Waals surface area contributed by atoms with Crippen LogP contribution in [0.3, 0.4) is 0 Å². The number of carbonyl (C=O) groups excluding carboxylic acids is 2. The summed E-state index contributed by atoms with van der Waals surface area (Å²) in [4.78, 5) is 38.1. The maximum Gasteiger partial charge on any atom is 0.251 e. The van der Waals surface area contributed by atoms with Crippen molar-refractivity contribution in [1.82, 2.24) is 20.2 Å². The molecule has 0 radical (unpaired) electrons. The minimum absolute atomic E-state index is 0.0282. The molecule has 3 aromatic carbocycles. The van der Waals surface area contributed by atoms with Gasteiger partial charge in [0.1, 0.15) is 11.8 Å². The van der Waals surface area contributed by atoms with E-state index in [2.05, 4.69) is 43.0 Å². The summed E-state index contributed by atoms with van der Waals surface area (Å²) in [6.45, 7) is 11.0. The molecule has 0 spiro atoms. The highest BCUT2D eigenvalue weighted by atomic mass is 16.5. The molecule has 0 saturated carbocycles. The van der Waals surface area contributed by atoms with E-state index in [1.54, 1.807) is 0 Å². The maximum absolute atomic E-state index is 13.6. The van der Waals surface area contributed by atoms with Gasteiger partial charge in [0.25, 0.3) is 5.91 Å². The summed E-state index contributed by atoms with van der Waals surface area (Å²) in [6.07, 6.45) is 13.2. The number of hydrogen-bond donors (Lipinski definition) is 1. The minimum atomic E-state index is -0.652. The van der Waals surface area contributed by atoms with E-state index in [-0.39, 0.29) is 17.2 Å². The third-order valence-corrected chi connectivity index (χ3v) is 9.84. The molecular formula is C42H52N4O3. The zero-order valence-electron chi connectivity index (χ0n) is 29.7. The lowest BCUT2D eigenvalue weighted by Crippen LogP contribution is -2.49. The first-order valence-electron chi connectivity index (χ1n) is 18.1. The molecule has 1 aromatic heterocycles. The highest BCUT2D eigenvalue weighted by molar-refractivity contribution is 5.97. The summed E-state index contributed by atoms with van der Waals surface area (Å²) in [5, 5.41) is 3.06. The molecule has 1 atom stereocenters. The second-order valence-corrected chi connectivity index (χ2v) is 13.9. The Bertz CT molecular complexity index is 1630. The summed E-state index contributed by atoms with van der Waals surface area (Å²) >= 11 is 0. The maximum atomic E-state index is 13.6. The fraction of sp³-hybridized carbons (Fsp3) is 0.429. The predicted octanol–water partition coefficient (Wildman–Crippen LogP) is 8.81. The number of aromatic nitrogens is 2. The molecule has 4 aromatic rings. The molecule has 1 N–H and O–H groups in total. The number of nitrogens with one attached hydrogen (secondary N) is 1. The van der Waals surface area contributed by atoms with E-state index in [4.69, 9.17) is 4.74 Å². The van der Waals surface area contributed by atoms with Crippen LogP contribution in [0, 0.1) is 0 Å². The summed E-state index contributed by atoms with van der Waals surface area (Å²) in [7, 11) is 0. The zero-order chi connectivity index (χ0) is 34.6. The average Bonchev–Trinajstić information content (AvgIpc) is 3.69. The van der Waals surface area contributed by atoms with E-state index in [0.29, 0.717) is 17.8 Å². The number of ether oxygens (including phenoxy) is 1. The normalized spacial score (nSPS) is 13.7. The molecule has 1 aliphatic heterocycles. The molecule has 7 nitrogen and oxygen atoms in total. The van der Waals surface area contributed by atoms with Crippen LogP contribution in [0.15, 0.2) is 85.2 Å². The fourth-order valence-corrected chi connectivity index (χ4v) is 6.17. The molecular weight excluding hydrogens is 608 g/mol. The minimum Gasteiger partial charge on any atom is -0.494 e. The third-order valence-electron chi connectivity index (χ3n) is 9.84. The fourth-order valence-electron chi connectivity index (χ4n) is 6.17. The van der Waals surface area contributed by atoms with Crippen molar-refractivity contribution >= 4 is 11.8 Å². The van der Waals surface area contributed by atoms with Crippen molar-refractivity contribution in [1.29, 1.82) is 0 Å². The van der Waals surface area contributed by atoms with Gasteiger partial charge >= 0.3 is 0 Å². The van der Waals surface area contributed by atoms with Crippen molar-refractivity contribution in [3.8, 4) is 28.3 Å². The number of carbonyl (C=O) groups is 2. The SMILES string of the molecule is CCCCCCCOc1ccc(-c2cnc(-c3ccc(CC(NC(=O)c4ccc(C(C)(C)CC)cc4)C(=O)N4CCCC4)cc3)nc2)cc1. The molecule has 7 heteroatoms. The van der Waals surface area contributed by atoms with Crippen molar-refractivity contribution in [2.45, 2.75) is 96.9 Å². The molecule has 0 aliphatic carbocycles. The number of hydrogen-bond acceptors (Lipinski definition) is 5. The van der Waals surface area contributed by atoms with Gasteiger partial charge in [-0.15, -0.1) is 0 Å². The molecule has 1 unspecified atom stereocenters. The van der Waals surface area contributed by atoms with Crippen LogP contribution >= 0.6 is 0 Å². The lowest BCUT2D eigenvalue weighted by molar-refractivity contribution is -0.132. The quantitative estimate of drug-likeness (QED) is 0.121. The van der Waals surface area contributed by atoms with E-state index in [0.717, 1.165) is 73.4 Å². The molecule has 258 valence electrons. The van der Waals surface area contributed by atoms with E-state index in [9.17, 15) is 9.59 Å². The largest absolute Gasteiger partial charge is 0.494 e. The van der Waals surface area contributed by atoms with Crippen LogP contribution in [0.2, 0.25) is 0 Å². The molecule has 49 heavy (non-hydrogen) atoms. The summed E-state index contributed by atoms with van der Waals surface area (Å²) in [5.41, 5.74) is 5.61. The van der Waals surface area contributed by atoms with E-state index in [1.165, 1.54) is 31.2 Å². The molecule has 0 bridgehead atoms. The topological polar surface area (TPSA) is 84.4 Å². The molecule has 1 aliphatic rings. The second-order valence-electron chi connectivity index (χ2n) is 13.9. The Morgan fingerprint density at radius 2 is 1.43 bits per heavy atom. The van der Waals surface area contributed by atoms with Crippen molar-refractivity contribution in [3.05, 3.63) is 102 Å². The Balaban J connectivity index is 1.21. The van der Waals surface area contributed by atoms with Crippen molar-refractivity contribution in [3.63, 3.8) is 0 Å². The monoisotopic (exact) mass is 660 g/mol. The van der Waals surface area contributed by atoms with Gasteiger partial charge in [-0.3, -0.25) is 9.59 Å². The average molecular weight is 661 g/mol. The number of nitrogens with zero attached hydrogens (tertiary/aromatic N) is 3. The summed E-state index contributed by atoms with van der Waals surface area (Å²) < 4.78 is 5.91. The van der Waals surface area contributed by atoms with E-state index < -0.39 is 6.04 Å². The van der Waals surface area contributed by atoms with Gasteiger partial charge in [0.2, 0.25) is 5.91 Å². The Morgan fingerprint density at radius 1 is 0.796 bits per heavy atom. The Hall–Kier alpha value is -4.52. The summed E-state index contributed by atoms with van der Waals surface area (Å²) in [6, 6.07) is 23.1. The van der Waals surface area contributed by atoms with Gasteiger partial charge in [0.05, 0.1) is 6.61 Å². The predicted molar refractivity (Wildman–Crippen MR) is 198 cm³/mol. The molecule has 2 heterocycles. The lowest BCUT2D eigenvalue weighted by atomic mass is 9.82. The van der Waals surface area contributed by atoms with Gasteiger partial charge < -0.3 is 15.0 Å². The van der Waals surface area contributed by atoms with Crippen molar-refractivity contribution in [2.75, 3.05) is 19.7 Å². The van der Waals surface area contributed by atoms with E-state index >= 15 is 0 Å². The molecule has 2 amide bonds. The number of rotatable bonds is 16. The van der Waals surface area contributed by atoms with Crippen LogP contribution < -0.4 is 10.1 Å².